The lowest BCUT2D eigenvalue weighted by atomic mass is 9.98. The van der Waals surface area contributed by atoms with Crippen LogP contribution in [0, 0.1) is 23.5 Å². The molecule has 178 valence electrons. The van der Waals surface area contributed by atoms with Gasteiger partial charge in [0.15, 0.2) is 0 Å². The Balaban J connectivity index is 1.57. The minimum atomic E-state index is -4.78. The lowest BCUT2D eigenvalue weighted by Crippen LogP contribution is -2.07. The Morgan fingerprint density at radius 2 is 1.49 bits per heavy atom. The van der Waals surface area contributed by atoms with Crippen LogP contribution in [-0.4, -0.2) is 0 Å². The molecule has 0 saturated carbocycles. The van der Waals surface area contributed by atoms with E-state index in [-0.39, 0.29) is 11.1 Å². The minimum Gasteiger partial charge on any atom is -0.206 e. The highest BCUT2D eigenvalue weighted by Gasteiger charge is 2.33. The van der Waals surface area contributed by atoms with Crippen molar-refractivity contribution in [3.63, 3.8) is 0 Å². The van der Waals surface area contributed by atoms with E-state index in [1.165, 1.54) is 30.9 Å². The van der Waals surface area contributed by atoms with Crippen molar-refractivity contribution in [2.24, 2.45) is 0 Å². The molecule has 0 heterocycles. The van der Waals surface area contributed by atoms with Gasteiger partial charge in [-0.2, -0.15) is 13.2 Å². The summed E-state index contributed by atoms with van der Waals surface area (Å²) in [5, 5.41) is 1.09. The average molecular weight is 479 g/mol. The smallest absolute Gasteiger partial charge is 0.206 e. The number of alkyl halides is 3. The van der Waals surface area contributed by atoms with Gasteiger partial charge in [0.2, 0.25) is 0 Å². The first-order chi connectivity index (χ1) is 16.8. The van der Waals surface area contributed by atoms with E-state index in [1.54, 1.807) is 12.1 Å². The lowest BCUT2D eigenvalue weighted by molar-refractivity contribution is -0.140. The number of halogens is 5. The van der Waals surface area contributed by atoms with Crippen LogP contribution in [0.15, 0.2) is 72.8 Å². The average Bonchev–Trinajstić information content (AvgIpc) is 2.83. The van der Waals surface area contributed by atoms with Gasteiger partial charge < -0.3 is 0 Å². The molecule has 0 amide bonds. The van der Waals surface area contributed by atoms with Crippen molar-refractivity contribution in [2.75, 3.05) is 0 Å². The Morgan fingerprint density at radius 3 is 2.17 bits per heavy atom. The second kappa shape index (κ2) is 10.3. The minimum absolute atomic E-state index is 0.0310. The number of fused-ring (bicyclic) bond motifs is 1. The number of rotatable bonds is 5. The molecule has 0 unspecified atom stereocenters. The van der Waals surface area contributed by atoms with Crippen molar-refractivity contribution >= 4 is 10.8 Å². The zero-order chi connectivity index (χ0) is 25.0. The Labute approximate surface area is 201 Å². The van der Waals surface area contributed by atoms with E-state index in [2.05, 4.69) is 43.0 Å². The summed E-state index contributed by atoms with van der Waals surface area (Å²) in [6.07, 6.45) is -0.154. The molecule has 0 aliphatic heterocycles. The van der Waals surface area contributed by atoms with Crippen LogP contribution in [0.25, 0.3) is 21.9 Å². The van der Waals surface area contributed by atoms with E-state index in [0.717, 1.165) is 23.6 Å². The van der Waals surface area contributed by atoms with Gasteiger partial charge in [0.1, 0.15) is 11.6 Å². The van der Waals surface area contributed by atoms with Crippen LogP contribution in [0.3, 0.4) is 0 Å². The molecule has 4 aromatic carbocycles. The highest BCUT2D eigenvalue weighted by Crippen LogP contribution is 2.32. The first kappa shape index (κ1) is 24.5. The number of unbranched alkanes of at least 4 members (excludes halogenated alkanes) is 2. The summed E-state index contributed by atoms with van der Waals surface area (Å²) < 4.78 is 67.0. The summed E-state index contributed by atoms with van der Waals surface area (Å²) >= 11 is 0. The Morgan fingerprint density at radius 1 is 0.743 bits per heavy atom. The van der Waals surface area contributed by atoms with E-state index < -0.39 is 23.4 Å². The molecule has 0 spiro atoms. The molecular formula is C30H23F5. The van der Waals surface area contributed by atoms with Gasteiger partial charge in [0, 0.05) is 10.9 Å². The van der Waals surface area contributed by atoms with E-state index >= 15 is 4.39 Å². The van der Waals surface area contributed by atoms with Gasteiger partial charge in [0.05, 0.1) is 11.1 Å². The van der Waals surface area contributed by atoms with Crippen LogP contribution in [0.2, 0.25) is 0 Å². The van der Waals surface area contributed by atoms with Gasteiger partial charge in [-0.3, -0.25) is 0 Å². The van der Waals surface area contributed by atoms with Gasteiger partial charge in [-0.15, -0.1) is 0 Å². The van der Waals surface area contributed by atoms with Gasteiger partial charge in [-0.25, -0.2) is 8.78 Å². The summed E-state index contributed by atoms with van der Waals surface area (Å²) in [7, 11) is 0. The van der Waals surface area contributed by atoms with E-state index in [0.29, 0.717) is 22.9 Å². The molecule has 0 atom stereocenters. The maximum Gasteiger partial charge on any atom is 0.419 e. The number of aryl methyl sites for hydroxylation is 1. The molecule has 4 rings (SSSR count). The molecule has 0 aromatic heterocycles. The molecule has 0 saturated heterocycles. The second-order valence-electron chi connectivity index (χ2n) is 8.46. The highest BCUT2D eigenvalue weighted by atomic mass is 19.4. The van der Waals surface area contributed by atoms with Gasteiger partial charge in [-0.05, 0) is 65.3 Å². The quantitative estimate of drug-likeness (QED) is 0.153. The lowest BCUT2D eigenvalue weighted by Gasteiger charge is -2.08. The van der Waals surface area contributed by atoms with Crippen molar-refractivity contribution in [3.05, 3.63) is 107 Å². The Kier molecular flexibility index (Phi) is 7.21. The molecule has 0 aliphatic rings. The summed E-state index contributed by atoms with van der Waals surface area (Å²) in [5.74, 6) is 3.22. The summed E-state index contributed by atoms with van der Waals surface area (Å²) in [6.45, 7) is 2.18. The third-order valence-corrected chi connectivity index (χ3v) is 5.93. The molecule has 0 radical (unpaired) electrons. The number of hydrogen-bond donors (Lipinski definition) is 0. The molecular weight excluding hydrogens is 455 g/mol. The molecule has 4 aromatic rings. The molecule has 0 N–H and O–H groups in total. The fourth-order valence-corrected chi connectivity index (χ4v) is 3.97. The van der Waals surface area contributed by atoms with Crippen molar-refractivity contribution in [2.45, 2.75) is 38.8 Å². The molecule has 0 fully saturated rings. The molecule has 0 nitrogen and oxygen atoms in total. The predicted molar refractivity (Wildman–Crippen MR) is 130 cm³/mol. The molecule has 5 heteroatoms. The van der Waals surface area contributed by atoms with Gasteiger partial charge in [0.25, 0.3) is 0 Å². The third kappa shape index (κ3) is 5.71. The van der Waals surface area contributed by atoms with Crippen molar-refractivity contribution in [1.29, 1.82) is 0 Å². The Hall–Kier alpha value is -3.65. The standard InChI is InChI=1S/C30H23F5/c1-2-3-4-5-20-6-10-22(11-7-20)24-15-16-26-25(19-24)14-13-23(29(26)32)12-8-21-9-17-27(28(31)18-21)30(33,34)35/h6-7,9-11,13-19H,2-5H2,1H3. The summed E-state index contributed by atoms with van der Waals surface area (Å²) in [5.41, 5.74) is 2.06. The molecule has 0 bridgehead atoms. The van der Waals surface area contributed by atoms with Crippen LogP contribution in [0.4, 0.5) is 22.0 Å². The maximum absolute atomic E-state index is 15.1. The first-order valence-electron chi connectivity index (χ1n) is 11.5. The van der Waals surface area contributed by atoms with Crippen molar-refractivity contribution in [1.82, 2.24) is 0 Å². The monoisotopic (exact) mass is 478 g/mol. The van der Waals surface area contributed by atoms with E-state index in [9.17, 15) is 17.6 Å². The highest BCUT2D eigenvalue weighted by molar-refractivity contribution is 5.89. The zero-order valence-corrected chi connectivity index (χ0v) is 19.1. The van der Waals surface area contributed by atoms with Crippen LogP contribution < -0.4 is 0 Å². The predicted octanol–water partition coefficient (Wildman–Crippen LogP) is 8.94. The van der Waals surface area contributed by atoms with Crippen LogP contribution >= 0.6 is 0 Å². The maximum atomic E-state index is 15.1. The van der Waals surface area contributed by atoms with E-state index in [1.807, 2.05) is 12.1 Å². The number of hydrogen-bond acceptors (Lipinski definition) is 0. The molecule has 35 heavy (non-hydrogen) atoms. The molecule has 0 aliphatic carbocycles. The van der Waals surface area contributed by atoms with Gasteiger partial charge in [-0.1, -0.05) is 74.1 Å². The first-order valence-corrected chi connectivity index (χ1v) is 11.5. The fraction of sp³-hybridized carbons (Fsp3) is 0.200. The van der Waals surface area contributed by atoms with Crippen LogP contribution in [-0.2, 0) is 12.6 Å². The van der Waals surface area contributed by atoms with Crippen LogP contribution in [0.5, 0.6) is 0 Å². The fourth-order valence-electron chi connectivity index (χ4n) is 3.97. The normalized spacial score (nSPS) is 11.4. The van der Waals surface area contributed by atoms with Crippen molar-refractivity contribution in [3.8, 4) is 23.0 Å². The van der Waals surface area contributed by atoms with E-state index in [4.69, 9.17) is 0 Å². The summed E-state index contributed by atoms with van der Waals surface area (Å²) in [4.78, 5) is 0. The van der Waals surface area contributed by atoms with Gasteiger partial charge >= 0.3 is 6.18 Å². The topological polar surface area (TPSA) is 0 Å². The second-order valence-corrected chi connectivity index (χ2v) is 8.46. The zero-order valence-electron chi connectivity index (χ0n) is 19.1. The third-order valence-electron chi connectivity index (χ3n) is 5.93. The largest absolute Gasteiger partial charge is 0.419 e. The number of benzene rings is 4. The SMILES string of the molecule is CCCCCc1ccc(-c2ccc3c(F)c(C#Cc4ccc(C(F)(F)F)c(F)c4)ccc3c2)cc1. The summed E-state index contributed by atoms with van der Waals surface area (Å²) in [6, 6.07) is 19.5. The Bertz CT molecular complexity index is 1400. The van der Waals surface area contributed by atoms with Crippen LogP contribution in [0.1, 0.15) is 48.4 Å². The van der Waals surface area contributed by atoms with Crippen molar-refractivity contribution < 1.29 is 22.0 Å².